The zero-order valence-electron chi connectivity index (χ0n) is 6.77. The average molecular weight is 197 g/mol. The number of hydrogen-bond donors (Lipinski definition) is 2. The summed E-state index contributed by atoms with van der Waals surface area (Å²) in [5, 5.41) is 7.23. The maximum Gasteiger partial charge on any atom is 0.181 e. The molecule has 0 radical (unpaired) electrons. The molecule has 4 nitrogen and oxygen atoms in total. The fourth-order valence-corrected chi connectivity index (χ4v) is 1.27. The van der Waals surface area contributed by atoms with Gasteiger partial charge in [0.1, 0.15) is 0 Å². The summed E-state index contributed by atoms with van der Waals surface area (Å²) in [5.74, 6) is 0.571. The van der Waals surface area contributed by atoms with Crippen LogP contribution in [0.3, 0.4) is 0 Å². The fourth-order valence-electron chi connectivity index (χ4n) is 1.27. The molecule has 68 valence electrons. The number of nitrogens with zero attached hydrogens (tertiary/aromatic N) is 2. The third-order valence-corrected chi connectivity index (χ3v) is 1.87. The molecule has 1 aliphatic carbocycles. The Morgan fingerprint density at radius 2 is 2.31 bits per heavy atom. The van der Waals surface area contributed by atoms with E-state index in [9.17, 15) is 0 Å². The van der Waals surface area contributed by atoms with Crippen molar-refractivity contribution in [3.8, 4) is 0 Å². The lowest BCUT2D eigenvalue weighted by Gasteiger charge is -2.18. The second-order valence-corrected chi connectivity index (χ2v) is 2.58. The topological polar surface area (TPSA) is 60.6 Å². The van der Waals surface area contributed by atoms with Gasteiger partial charge in [-0.25, -0.2) is 5.53 Å². The van der Waals surface area contributed by atoms with E-state index in [0.717, 1.165) is 5.57 Å². The number of rotatable bonds is 0. The molecule has 0 aromatic heterocycles. The summed E-state index contributed by atoms with van der Waals surface area (Å²) in [6.45, 7) is 0. The summed E-state index contributed by atoms with van der Waals surface area (Å²) in [6, 6.07) is 0. The second kappa shape index (κ2) is 4.00. The number of amidine groups is 1. The third kappa shape index (κ3) is 1.67. The average Bonchev–Trinajstić information content (AvgIpc) is 2.17. The molecule has 2 aliphatic rings. The van der Waals surface area contributed by atoms with Gasteiger partial charge in [-0.2, -0.15) is 5.10 Å². The number of hydrogen-bond acceptors (Lipinski definition) is 4. The van der Waals surface area contributed by atoms with Crippen molar-refractivity contribution in [3.05, 3.63) is 36.1 Å². The Bertz CT molecular complexity index is 315. The van der Waals surface area contributed by atoms with E-state index >= 15 is 0 Å². The van der Waals surface area contributed by atoms with Gasteiger partial charge < -0.3 is 0 Å². The molecule has 0 saturated heterocycles. The number of hydrazone groups is 1. The van der Waals surface area contributed by atoms with Crippen LogP contribution in [0.15, 0.2) is 46.3 Å². The van der Waals surface area contributed by atoms with E-state index in [0.29, 0.717) is 5.84 Å². The van der Waals surface area contributed by atoms with Crippen LogP contribution >= 0.6 is 12.4 Å². The van der Waals surface area contributed by atoms with E-state index in [1.807, 2.05) is 30.5 Å². The van der Waals surface area contributed by atoms with Crippen LogP contribution in [0.1, 0.15) is 0 Å². The lowest BCUT2D eigenvalue weighted by molar-refractivity contribution is 0.840. The highest BCUT2D eigenvalue weighted by molar-refractivity contribution is 5.90. The number of nitrogens with one attached hydrogen (secondary N) is 2. The molecule has 1 aliphatic heterocycles. The first-order valence-electron chi connectivity index (χ1n) is 3.67. The molecule has 1 atom stereocenters. The Hall–Kier alpha value is -1.42. The van der Waals surface area contributed by atoms with Crippen molar-refractivity contribution in [2.24, 2.45) is 16.1 Å². The minimum atomic E-state index is 0. The van der Waals surface area contributed by atoms with Gasteiger partial charge in [-0.15, -0.1) is 17.5 Å². The molecular weight excluding hydrogens is 188 g/mol. The van der Waals surface area contributed by atoms with Crippen molar-refractivity contribution in [1.29, 1.82) is 5.53 Å². The van der Waals surface area contributed by atoms with Crippen molar-refractivity contribution in [2.75, 3.05) is 0 Å². The lowest BCUT2D eigenvalue weighted by Crippen LogP contribution is -2.21. The Morgan fingerprint density at radius 1 is 1.46 bits per heavy atom. The first-order valence-corrected chi connectivity index (χ1v) is 3.67. The lowest BCUT2D eigenvalue weighted by atomic mass is 9.94. The van der Waals surface area contributed by atoms with Crippen LogP contribution in [0.25, 0.3) is 0 Å². The quantitative estimate of drug-likeness (QED) is 0.572. The molecule has 0 aromatic rings. The van der Waals surface area contributed by atoms with Crippen molar-refractivity contribution >= 4 is 18.2 Å². The van der Waals surface area contributed by atoms with Gasteiger partial charge in [0, 0.05) is 6.20 Å². The first-order chi connectivity index (χ1) is 5.92. The Balaban J connectivity index is 0.000000845. The summed E-state index contributed by atoms with van der Waals surface area (Å²) in [4.78, 5) is 0. The highest BCUT2D eigenvalue weighted by atomic mass is 35.5. The van der Waals surface area contributed by atoms with Crippen molar-refractivity contribution < 1.29 is 0 Å². The zero-order valence-corrected chi connectivity index (χ0v) is 7.58. The standard InChI is InChI=1S/C8H8N4.ClH/c9-11-8-7-4-2-1-3-6(7)5-10-12-8;/h1-5,7,9-10H;1H. The van der Waals surface area contributed by atoms with E-state index in [1.165, 1.54) is 0 Å². The van der Waals surface area contributed by atoms with E-state index in [2.05, 4.69) is 15.6 Å². The van der Waals surface area contributed by atoms with Gasteiger partial charge in [0.25, 0.3) is 0 Å². The molecule has 2 N–H and O–H groups in total. The van der Waals surface area contributed by atoms with Crippen molar-refractivity contribution in [2.45, 2.75) is 0 Å². The molecule has 0 fully saturated rings. The Morgan fingerprint density at radius 3 is 3.08 bits per heavy atom. The summed E-state index contributed by atoms with van der Waals surface area (Å²) >= 11 is 0. The van der Waals surface area contributed by atoms with Gasteiger partial charge in [0.05, 0.1) is 5.92 Å². The summed E-state index contributed by atoms with van der Waals surface area (Å²) in [5.41, 5.74) is 10.7. The zero-order chi connectivity index (χ0) is 8.39. The van der Waals surface area contributed by atoms with Crippen LogP contribution in [0.5, 0.6) is 0 Å². The molecule has 0 aromatic carbocycles. The third-order valence-electron chi connectivity index (χ3n) is 1.87. The van der Waals surface area contributed by atoms with Gasteiger partial charge >= 0.3 is 0 Å². The van der Waals surface area contributed by atoms with Crippen LogP contribution in [0.2, 0.25) is 0 Å². The molecule has 0 spiro atoms. The molecule has 2 rings (SSSR count). The highest BCUT2D eigenvalue weighted by Gasteiger charge is 2.20. The van der Waals surface area contributed by atoms with Crippen LogP contribution in [0.4, 0.5) is 0 Å². The number of allylic oxidation sites excluding steroid dienone is 3. The Labute approximate surface area is 82.0 Å². The van der Waals surface area contributed by atoms with E-state index in [-0.39, 0.29) is 18.3 Å². The van der Waals surface area contributed by atoms with E-state index in [1.54, 1.807) is 0 Å². The second-order valence-electron chi connectivity index (χ2n) is 2.58. The summed E-state index contributed by atoms with van der Waals surface area (Å²) in [7, 11) is 0. The van der Waals surface area contributed by atoms with Crippen LogP contribution in [0, 0.1) is 11.4 Å². The SMILES string of the molecule is Cl.N=NC1=NNC=C2C=CC=CC21. The first kappa shape index (κ1) is 9.67. The molecule has 0 amide bonds. The maximum absolute atomic E-state index is 6.89. The highest BCUT2D eigenvalue weighted by Crippen LogP contribution is 2.22. The van der Waals surface area contributed by atoms with Gasteiger partial charge in [0.2, 0.25) is 0 Å². The van der Waals surface area contributed by atoms with E-state index in [4.69, 9.17) is 5.53 Å². The van der Waals surface area contributed by atoms with Crippen LogP contribution < -0.4 is 5.43 Å². The largest absolute Gasteiger partial charge is 0.284 e. The van der Waals surface area contributed by atoms with Gasteiger partial charge in [0.15, 0.2) is 5.84 Å². The van der Waals surface area contributed by atoms with Crippen LogP contribution in [-0.2, 0) is 0 Å². The molecule has 1 heterocycles. The normalized spacial score (nSPS) is 23.2. The Kier molecular flexibility index (Phi) is 2.97. The molecule has 0 bridgehead atoms. The van der Waals surface area contributed by atoms with Crippen LogP contribution in [-0.4, -0.2) is 5.84 Å². The minimum Gasteiger partial charge on any atom is -0.284 e. The molecule has 0 saturated carbocycles. The molecule has 1 unspecified atom stereocenters. The fraction of sp³-hybridized carbons (Fsp3) is 0.125. The predicted molar refractivity (Wildman–Crippen MR) is 52.8 cm³/mol. The van der Waals surface area contributed by atoms with Gasteiger partial charge in [-0.05, 0) is 5.57 Å². The predicted octanol–water partition coefficient (Wildman–Crippen LogP) is 1.98. The molecule has 5 heteroatoms. The van der Waals surface area contributed by atoms with Crippen molar-refractivity contribution in [3.63, 3.8) is 0 Å². The monoisotopic (exact) mass is 196 g/mol. The van der Waals surface area contributed by atoms with Gasteiger partial charge in [-0.3, -0.25) is 5.43 Å². The van der Waals surface area contributed by atoms with E-state index < -0.39 is 0 Å². The smallest absolute Gasteiger partial charge is 0.181 e. The minimum absolute atomic E-state index is 0. The molecule has 13 heavy (non-hydrogen) atoms. The van der Waals surface area contributed by atoms with Crippen molar-refractivity contribution in [1.82, 2.24) is 5.43 Å². The summed E-state index contributed by atoms with van der Waals surface area (Å²) < 4.78 is 0. The summed E-state index contributed by atoms with van der Waals surface area (Å²) in [6.07, 6.45) is 9.67. The maximum atomic E-state index is 6.89. The number of halogens is 1. The van der Waals surface area contributed by atoms with Gasteiger partial charge in [-0.1, -0.05) is 24.3 Å². The molecular formula is C8H9ClN4. The number of fused-ring (bicyclic) bond motifs is 1.